The minimum Gasteiger partial charge on any atom is -0.368 e. The Kier molecular flexibility index (Phi) is 6.03. The molecule has 142 valence electrons. The lowest BCUT2D eigenvalue weighted by molar-refractivity contribution is -0.384. The highest BCUT2D eigenvalue weighted by atomic mass is 16.6. The van der Waals surface area contributed by atoms with Crippen LogP contribution in [0.5, 0.6) is 0 Å². The fraction of sp³-hybridized carbons (Fsp3) is 0.350. The van der Waals surface area contributed by atoms with Crippen LogP contribution in [0.1, 0.15) is 12.5 Å². The quantitative estimate of drug-likeness (QED) is 0.578. The molecule has 0 bridgehead atoms. The first-order valence-electron chi connectivity index (χ1n) is 8.98. The van der Waals surface area contributed by atoms with Crippen molar-refractivity contribution in [3.05, 3.63) is 70.3 Å². The molecule has 0 aliphatic carbocycles. The molecular weight excluding hydrogens is 346 g/mol. The Morgan fingerprint density at radius 2 is 1.81 bits per heavy atom. The van der Waals surface area contributed by atoms with E-state index in [1.54, 1.807) is 24.0 Å². The molecule has 0 saturated carbocycles. The van der Waals surface area contributed by atoms with E-state index < -0.39 is 11.0 Å². The summed E-state index contributed by atoms with van der Waals surface area (Å²) in [6.45, 7) is 4.59. The van der Waals surface area contributed by atoms with Crippen LogP contribution in [0.25, 0.3) is 0 Å². The summed E-state index contributed by atoms with van der Waals surface area (Å²) < 4.78 is 5.72. The number of piperazine rings is 1. The molecular formula is C20H23N3O4. The first-order valence-corrected chi connectivity index (χ1v) is 8.98. The lowest BCUT2D eigenvalue weighted by Crippen LogP contribution is -2.51. The predicted octanol–water partition coefficient (Wildman–Crippen LogP) is 2.85. The fourth-order valence-corrected chi connectivity index (χ4v) is 3.11. The molecule has 2 aromatic carbocycles. The van der Waals surface area contributed by atoms with E-state index in [0.29, 0.717) is 32.8 Å². The highest BCUT2D eigenvalue weighted by molar-refractivity contribution is 5.80. The zero-order valence-corrected chi connectivity index (χ0v) is 15.3. The van der Waals surface area contributed by atoms with E-state index in [0.717, 1.165) is 11.3 Å². The van der Waals surface area contributed by atoms with Gasteiger partial charge >= 0.3 is 0 Å². The molecule has 27 heavy (non-hydrogen) atoms. The standard InChI is InChI=1S/C20H23N3O4/c1-16(27-15-17-6-3-2-4-7-17)20(24)22-12-10-21(11-13-22)18-8-5-9-19(14-18)23(25)26/h2-9,14,16H,10-13,15H2,1H3/t16-/m0/s1. The SMILES string of the molecule is C[C@H](OCc1ccccc1)C(=O)N1CCN(c2cccc([N+](=O)[O-])c2)CC1. The number of ether oxygens (including phenoxy) is 1. The van der Waals surface area contributed by atoms with Crippen molar-refractivity contribution in [2.45, 2.75) is 19.6 Å². The molecule has 0 radical (unpaired) electrons. The smallest absolute Gasteiger partial charge is 0.271 e. The van der Waals surface area contributed by atoms with Gasteiger partial charge < -0.3 is 14.5 Å². The fourth-order valence-electron chi connectivity index (χ4n) is 3.11. The molecule has 0 spiro atoms. The third-order valence-corrected chi connectivity index (χ3v) is 4.69. The van der Waals surface area contributed by atoms with Crippen LogP contribution in [0.4, 0.5) is 11.4 Å². The van der Waals surface area contributed by atoms with Gasteiger partial charge in [-0.1, -0.05) is 36.4 Å². The van der Waals surface area contributed by atoms with Crippen LogP contribution in [-0.2, 0) is 16.1 Å². The van der Waals surface area contributed by atoms with Crippen LogP contribution in [0.15, 0.2) is 54.6 Å². The molecule has 0 N–H and O–H groups in total. The zero-order chi connectivity index (χ0) is 19.2. The predicted molar refractivity (Wildman–Crippen MR) is 103 cm³/mol. The lowest BCUT2D eigenvalue weighted by Gasteiger charge is -2.37. The van der Waals surface area contributed by atoms with E-state index in [-0.39, 0.29) is 11.6 Å². The normalized spacial score (nSPS) is 15.4. The molecule has 1 atom stereocenters. The van der Waals surface area contributed by atoms with Gasteiger partial charge in [-0.2, -0.15) is 0 Å². The summed E-state index contributed by atoms with van der Waals surface area (Å²) in [5.74, 6) is -0.0235. The number of anilines is 1. The minimum atomic E-state index is -0.505. The number of carbonyl (C=O) groups is 1. The van der Waals surface area contributed by atoms with Gasteiger partial charge in [0.1, 0.15) is 6.10 Å². The Labute approximate surface area is 158 Å². The summed E-state index contributed by atoms with van der Waals surface area (Å²) >= 11 is 0. The van der Waals surface area contributed by atoms with Crippen molar-refractivity contribution in [3.63, 3.8) is 0 Å². The number of benzene rings is 2. The average molecular weight is 369 g/mol. The zero-order valence-electron chi connectivity index (χ0n) is 15.3. The Hall–Kier alpha value is -2.93. The number of amides is 1. The summed E-state index contributed by atoms with van der Waals surface area (Å²) in [5, 5.41) is 10.9. The van der Waals surface area contributed by atoms with Crippen molar-refractivity contribution in [2.24, 2.45) is 0 Å². The van der Waals surface area contributed by atoms with Crippen molar-refractivity contribution in [2.75, 3.05) is 31.1 Å². The number of hydrogen-bond acceptors (Lipinski definition) is 5. The third kappa shape index (κ3) is 4.83. The van der Waals surface area contributed by atoms with Crippen molar-refractivity contribution < 1.29 is 14.5 Å². The Morgan fingerprint density at radius 1 is 1.11 bits per heavy atom. The average Bonchev–Trinajstić information content (AvgIpc) is 2.72. The number of nitro groups is 1. The van der Waals surface area contributed by atoms with Gasteiger partial charge in [-0.05, 0) is 18.6 Å². The maximum atomic E-state index is 12.6. The molecule has 3 rings (SSSR count). The number of carbonyl (C=O) groups excluding carboxylic acids is 1. The van der Waals surface area contributed by atoms with Gasteiger partial charge in [0, 0.05) is 44.0 Å². The van der Waals surface area contributed by atoms with Gasteiger partial charge in [0.25, 0.3) is 11.6 Å². The largest absolute Gasteiger partial charge is 0.368 e. The molecule has 7 heteroatoms. The molecule has 0 aromatic heterocycles. The molecule has 1 aliphatic rings. The summed E-state index contributed by atoms with van der Waals surface area (Å²) in [5.41, 5.74) is 1.92. The molecule has 1 saturated heterocycles. The Balaban J connectivity index is 1.51. The van der Waals surface area contributed by atoms with Crippen molar-refractivity contribution >= 4 is 17.3 Å². The summed E-state index contributed by atoms with van der Waals surface area (Å²) in [6.07, 6.45) is -0.505. The van der Waals surface area contributed by atoms with E-state index in [4.69, 9.17) is 4.74 Å². The van der Waals surface area contributed by atoms with Crippen LogP contribution in [0.2, 0.25) is 0 Å². The second-order valence-corrected chi connectivity index (χ2v) is 6.53. The molecule has 2 aromatic rings. The van der Waals surface area contributed by atoms with Crippen LogP contribution < -0.4 is 4.90 Å². The van der Waals surface area contributed by atoms with Crippen molar-refractivity contribution in [3.8, 4) is 0 Å². The molecule has 1 fully saturated rings. The molecule has 7 nitrogen and oxygen atoms in total. The van der Waals surface area contributed by atoms with Gasteiger partial charge in [0.15, 0.2) is 0 Å². The van der Waals surface area contributed by atoms with Crippen LogP contribution in [0.3, 0.4) is 0 Å². The number of nitrogens with zero attached hydrogens (tertiary/aromatic N) is 3. The number of non-ortho nitro benzene ring substituents is 1. The summed E-state index contributed by atoms with van der Waals surface area (Å²) in [6, 6.07) is 16.4. The van der Waals surface area contributed by atoms with Crippen LogP contribution in [0, 0.1) is 10.1 Å². The summed E-state index contributed by atoms with van der Waals surface area (Å²) in [7, 11) is 0. The maximum absolute atomic E-state index is 12.6. The third-order valence-electron chi connectivity index (χ3n) is 4.69. The van der Waals surface area contributed by atoms with E-state index in [2.05, 4.69) is 4.90 Å². The monoisotopic (exact) mass is 369 g/mol. The molecule has 1 aliphatic heterocycles. The Morgan fingerprint density at radius 3 is 2.48 bits per heavy atom. The van der Waals surface area contributed by atoms with E-state index in [1.807, 2.05) is 36.4 Å². The highest BCUT2D eigenvalue weighted by Crippen LogP contribution is 2.22. The second kappa shape index (κ2) is 8.64. The maximum Gasteiger partial charge on any atom is 0.271 e. The topological polar surface area (TPSA) is 75.9 Å². The van der Waals surface area contributed by atoms with Gasteiger partial charge in [-0.25, -0.2) is 0 Å². The van der Waals surface area contributed by atoms with Crippen LogP contribution in [-0.4, -0.2) is 48.0 Å². The Bertz CT molecular complexity index is 789. The summed E-state index contributed by atoms with van der Waals surface area (Å²) in [4.78, 5) is 27.0. The first kappa shape index (κ1) is 18.8. The molecule has 0 unspecified atom stereocenters. The second-order valence-electron chi connectivity index (χ2n) is 6.53. The number of hydrogen-bond donors (Lipinski definition) is 0. The number of nitro benzene ring substituents is 1. The van der Waals surface area contributed by atoms with E-state index >= 15 is 0 Å². The van der Waals surface area contributed by atoms with Gasteiger partial charge in [0.05, 0.1) is 11.5 Å². The highest BCUT2D eigenvalue weighted by Gasteiger charge is 2.26. The van der Waals surface area contributed by atoms with Crippen molar-refractivity contribution in [1.29, 1.82) is 0 Å². The van der Waals surface area contributed by atoms with Crippen molar-refractivity contribution in [1.82, 2.24) is 4.90 Å². The van der Waals surface area contributed by atoms with Crippen LogP contribution >= 0.6 is 0 Å². The minimum absolute atomic E-state index is 0.0235. The van der Waals surface area contributed by atoms with Gasteiger partial charge in [-0.15, -0.1) is 0 Å². The van der Waals surface area contributed by atoms with Gasteiger partial charge in [0.2, 0.25) is 0 Å². The van der Waals surface area contributed by atoms with E-state index in [9.17, 15) is 14.9 Å². The first-order chi connectivity index (χ1) is 13.0. The number of rotatable bonds is 6. The molecule has 1 amide bonds. The molecule has 1 heterocycles. The van der Waals surface area contributed by atoms with E-state index in [1.165, 1.54) is 6.07 Å². The van der Waals surface area contributed by atoms with Gasteiger partial charge in [-0.3, -0.25) is 14.9 Å². The lowest BCUT2D eigenvalue weighted by atomic mass is 10.2.